The fraction of sp³-hybridized carbons (Fsp3) is 0.520. The van der Waals surface area contributed by atoms with Crippen molar-refractivity contribution in [2.45, 2.75) is 63.6 Å². The molecular formula is C25H30ClFN4O5. The highest BCUT2D eigenvalue weighted by molar-refractivity contribution is 6.31. The SMILES string of the molecule is COC(=O)C(C[C@@H]1CC(C)(C)NC1=O)NC(=O)C(CC1CC1)NC(=O)c1cc2cc(F)c(Cl)cc2[nH]1. The van der Waals surface area contributed by atoms with Crippen molar-refractivity contribution in [3.05, 3.63) is 34.7 Å². The minimum absolute atomic E-state index is 0.0736. The average molecular weight is 521 g/mol. The predicted octanol–water partition coefficient (Wildman–Crippen LogP) is 2.82. The van der Waals surface area contributed by atoms with Gasteiger partial charge in [-0.1, -0.05) is 24.4 Å². The van der Waals surface area contributed by atoms with E-state index in [2.05, 4.69) is 20.9 Å². The number of methoxy groups -OCH3 is 1. The summed E-state index contributed by atoms with van der Waals surface area (Å²) in [4.78, 5) is 53.9. The van der Waals surface area contributed by atoms with Gasteiger partial charge in [-0.25, -0.2) is 9.18 Å². The second kappa shape index (κ2) is 10.1. The largest absolute Gasteiger partial charge is 0.467 e. The normalized spacial score (nSPS) is 20.5. The summed E-state index contributed by atoms with van der Waals surface area (Å²) < 4.78 is 18.7. The third kappa shape index (κ3) is 5.98. The summed E-state index contributed by atoms with van der Waals surface area (Å²) in [5.41, 5.74) is 0.231. The Hall–Kier alpha value is -3.14. The lowest BCUT2D eigenvalue weighted by atomic mass is 9.91. The van der Waals surface area contributed by atoms with Gasteiger partial charge in [-0.3, -0.25) is 14.4 Å². The molecule has 2 fully saturated rings. The van der Waals surface area contributed by atoms with Crippen molar-refractivity contribution in [1.29, 1.82) is 0 Å². The van der Waals surface area contributed by atoms with Crippen LogP contribution in [0.3, 0.4) is 0 Å². The van der Waals surface area contributed by atoms with Gasteiger partial charge in [-0.05, 0) is 57.2 Å². The highest BCUT2D eigenvalue weighted by Crippen LogP contribution is 2.34. The maximum absolute atomic E-state index is 13.8. The molecule has 1 aromatic heterocycles. The van der Waals surface area contributed by atoms with E-state index in [1.807, 2.05) is 13.8 Å². The molecule has 1 aromatic carbocycles. The molecule has 9 nitrogen and oxygen atoms in total. The van der Waals surface area contributed by atoms with Crippen molar-refractivity contribution < 1.29 is 28.3 Å². The Bertz CT molecular complexity index is 1170. The number of amides is 3. The van der Waals surface area contributed by atoms with Crippen LogP contribution in [-0.4, -0.2) is 53.4 Å². The number of aromatic nitrogens is 1. The molecule has 2 aromatic rings. The molecule has 2 aliphatic rings. The number of fused-ring (bicyclic) bond motifs is 1. The number of rotatable bonds is 9. The van der Waals surface area contributed by atoms with Crippen LogP contribution in [0.5, 0.6) is 0 Å². The highest BCUT2D eigenvalue weighted by Gasteiger charge is 2.41. The van der Waals surface area contributed by atoms with Gasteiger partial charge in [0, 0.05) is 22.4 Å². The molecule has 2 heterocycles. The first-order chi connectivity index (χ1) is 17.0. The van der Waals surface area contributed by atoms with Crippen LogP contribution in [0, 0.1) is 17.7 Å². The molecule has 194 valence electrons. The van der Waals surface area contributed by atoms with Gasteiger partial charge in [0.1, 0.15) is 23.6 Å². The number of esters is 1. The zero-order valence-corrected chi connectivity index (χ0v) is 21.1. The van der Waals surface area contributed by atoms with E-state index in [0.29, 0.717) is 23.7 Å². The zero-order chi connectivity index (χ0) is 26.2. The van der Waals surface area contributed by atoms with Crippen LogP contribution >= 0.6 is 11.6 Å². The van der Waals surface area contributed by atoms with Crippen LogP contribution < -0.4 is 16.0 Å². The Morgan fingerprint density at radius 3 is 2.50 bits per heavy atom. The fourth-order valence-electron chi connectivity index (χ4n) is 4.70. The van der Waals surface area contributed by atoms with Crippen molar-refractivity contribution in [3.63, 3.8) is 0 Å². The lowest BCUT2D eigenvalue weighted by molar-refractivity contribution is -0.146. The number of aromatic amines is 1. The van der Waals surface area contributed by atoms with E-state index in [1.165, 1.54) is 25.3 Å². The minimum atomic E-state index is -1.04. The van der Waals surface area contributed by atoms with Crippen LogP contribution in [0.1, 0.15) is 56.4 Å². The van der Waals surface area contributed by atoms with Crippen LogP contribution in [0.2, 0.25) is 5.02 Å². The van der Waals surface area contributed by atoms with Gasteiger partial charge in [-0.2, -0.15) is 0 Å². The van der Waals surface area contributed by atoms with E-state index >= 15 is 0 Å². The van der Waals surface area contributed by atoms with Gasteiger partial charge in [0.15, 0.2) is 0 Å². The molecule has 3 amide bonds. The lowest BCUT2D eigenvalue weighted by Gasteiger charge is -2.23. The molecule has 0 radical (unpaired) electrons. The maximum Gasteiger partial charge on any atom is 0.328 e. The Labute approximate surface area is 212 Å². The van der Waals surface area contributed by atoms with Crippen LogP contribution in [0.25, 0.3) is 10.9 Å². The van der Waals surface area contributed by atoms with Crippen LogP contribution in [0.4, 0.5) is 4.39 Å². The summed E-state index contributed by atoms with van der Waals surface area (Å²) in [6.45, 7) is 3.79. The molecule has 1 saturated heterocycles. The fourth-order valence-corrected chi connectivity index (χ4v) is 4.87. The molecule has 2 unspecified atom stereocenters. The number of ether oxygens (including phenoxy) is 1. The lowest BCUT2D eigenvalue weighted by Crippen LogP contribution is -2.52. The first kappa shape index (κ1) is 25.9. The van der Waals surface area contributed by atoms with Crippen molar-refractivity contribution in [3.8, 4) is 0 Å². The second-order valence-electron chi connectivity index (χ2n) is 10.3. The topological polar surface area (TPSA) is 129 Å². The van der Waals surface area contributed by atoms with Crippen molar-refractivity contribution in [2.24, 2.45) is 11.8 Å². The molecular weight excluding hydrogens is 491 g/mol. The minimum Gasteiger partial charge on any atom is -0.467 e. The summed E-state index contributed by atoms with van der Waals surface area (Å²) in [6, 6.07) is 2.15. The molecule has 1 saturated carbocycles. The number of nitrogens with one attached hydrogen (secondary N) is 4. The number of benzene rings is 1. The zero-order valence-electron chi connectivity index (χ0n) is 20.4. The van der Waals surface area contributed by atoms with E-state index < -0.39 is 47.1 Å². The van der Waals surface area contributed by atoms with E-state index in [1.54, 1.807) is 0 Å². The van der Waals surface area contributed by atoms with Crippen LogP contribution in [-0.2, 0) is 19.1 Å². The Morgan fingerprint density at radius 1 is 1.17 bits per heavy atom. The Balaban J connectivity index is 1.48. The molecule has 4 rings (SSSR count). The highest BCUT2D eigenvalue weighted by atomic mass is 35.5. The number of halogens is 2. The first-order valence-corrected chi connectivity index (χ1v) is 12.3. The van der Waals surface area contributed by atoms with Crippen molar-refractivity contribution >= 4 is 46.2 Å². The number of hydrogen-bond donors (Lipinski definition) is 4. The monoisotopic (exact) mass is 520 g/mol. The van der Waals surface area contributed by atoms with E-state index in [-0.39, 0.29) is 29.0 Å². The first-order valence-electron chi connectivity index (χ1n) is 11.9. The summed E-state index contributed by atoms with van der Waals surface area (Å²) in [5, 5.41) is 8.70. The molecule has 36 heavy (non-hydrogen) atoms. The molecule has 1 aliphatic carbocycles. The smallest absolute Gasteiger partial charge is 0.328 e. The average Bonchev–Trinajstić information content (AvgIpc) is 3.47. The van der Waals surface area contributed by atoms with Crippen molar-refractivity contribution in [1.82, 2.24) is 20.9 Å². The standard InChI is InChI=1S/C25H30ClFN4O5/c1-25(2)11-14(21(32)31-25)9-20(24(35)36-3)30-22(33)18(6-12-4-5-12)29-23(34)19-8-13-7-16(27)15(26)10-17(13)28-19/h7-8,10,12,14,18,20,28H,4-6,9,11H2,1-3H3,(H,29,34)(H,30,33)(H,31,32)/t14-,18?,20?/m1/s1. The quantitative estimate of drug-likeness (QED) is 0.378. The van der Waals surface area contributed by atoms with Gasteiger partial charge in [0.05, 0.1) is 12.1 Å². The number of H-pyrrole nitrogens is 1. The Kier molecular flexibility index (Phi) is 7.26. The van der Waals surface area contributed by atoms with Crippen molar-refractivity contribution in [2.75, 3.05) is 7.11 Å². The van der Waals surface area contributed by atoms with Gasteiger partial charge < -0.3 is 25.7 Å². The molecule has 3 atom stereocenters. The molecule has 4 N–H and O–H groups in total. The van der Waals surface area contributed by atoms with Crippen LogP contribution in [0.15, 0.2) is 18.2 Å². The number of carbonyl (C=O) groups is 4. The predicted molar refractivity (Wildman–Crippen MR) is 131 cm³/mol. The molecule has 0 spiro atoms. The maximum atomic E-state index is 13.8. The summed E-state index contributed by atoms with van der Waals surface area (Å²) >= 11 is 5.83. The van der Waals surface area contributed by atoms with Gasteiger partial charge >= 0.3 is 5.97 Å². The summed E-state index contributed by atoms with van der Waals surface area (Å²) in [6.07, 6.45) is 2.90. The number of hydrogen-bond acceptors (Lipinski definition) is 5. The third-order valence-corrected chi connectivity index (χ3v) is 7.00. The van der Waals surface area contributed by atoms with E-state index in [9.17, 15) is 23.6 Å². The molecule has 0 bridgehead atoms. The van der Waals surface area contributed by atoms with E-state index in [0.717, 1.165) is 12.8 Å². The van der Waals surface area contributed by atoms with Gasteiger partial charge in [0.2, 0.25) is 11.8 Å². The molecule has 1 aliphatic heterocycles. The van der Waals surface area contributed by atoms with Gasteiger partial charge in [-0.15, -0.1) is 0 Å². The summed E-state index contributed by atoms with van der Waals surface area (Å²) in [7, 11) is 1.22. The van der Waals surface area contributed by atoms with E-state index in [4.69, 9.17) is 16.3 Å². The summed E-state index contributed by atoms with van der Waals surface area (Å²) in [5.74, 6) is -2.69. The number of carbonyl (C=O) groups excluding carboxylic acids is 4. The van der Waals surface area contributed by atoms with Gasteiger partial charge in [0.25, 0.3) is 5.91 Å². The second-order valence-corrected chi connectivity index (χ2v) is 10.7. The third-order valence-electron chi connectivity index (χ3n) is 6.71. The Morgan fingerprint density at radius 2 is 1.89 bits per heavy atom. The molecule has 11 heteroatoms.